The zero-order chi connectivity index (χ0) is 30.3. The van der Waals surface area contributed by atoms with Crippen LogP contribution in [-0.2, 0) is 4.79 Å². The van der Waals surface area contributed by atoms with Gasteiger partial charge in [-0.2, -0.15) is 0 Å². The number of allylic oxidation sites excluding steroid dienone is 4. The standard InChI is InChI=1S/C34H26BF3N2O2S/c1-2-40-30-8-4-5-9-31(30)43-32(40)10-6-3-7-29(34(41)42)39-33(23-11-17-26(36)18-12-23)35(24-13-19-27(37)20-14-24)25-15-21-28(38)22-16-25/h3-22H,2H2,1H3,(H,41,42). The molecule has 0 fully saturated rings. The van der Waals surface area contributed by atoms with Crippen LogP contribution in [0.4, 0.5) is 18.9 Å². The van der Waals surface area contributed by atoms with Crippen LogP contribution < -0.4 is 15.8 Å². The highest BCUT2D eigenvalue weighted by atomic mass is 32.2. The Morgan fingerprint density at radius 2 is 1.40 bits per heavy atom. The lowest BCUT2D eigenvalue weighted by molar-refractivity contribution is -0.132. The molecule has 0 radical (unpaired) electrons. The Morgan fingerprint density at radius 1 is 0.837 bits per heavy atom. The number of benzene rings is 4. The summed E-state index contributed by atoms with van der Waals surface area (Å²) in [6, 6.07) is 25.0. The van der Waals surface area contributed by atoms with E-state index in [-0.39, 0.29) is 11.3 Å². The quantitative estimate of drug-likeness (QED) is 0.101. The number of carboxylic acids is 1. The first-order valence-electron chi connectivity index (χ1n) is 13.6. The van der Waals surface area contributed by atoms with Gasteiger partial charge in [-0.1, -0.05) is 83.4 Å². The summed E-state index contributed by atoms with van der Waals surface area (Å²) in [7, 11) is 0. The molecule has 0 atom stereocenters. The van der Waals surface area contributed by atoms with Crippen molar-refractivity contribution in [2.45, 2.75) is 11.8 Å². The molecule has 0 bridgehead atoms. The van der Waals surface area contributed by atoms with Crippen molar-refractivity contribution in [1.29, 1.82) is 0 Å². The molecule has 1 aliphatic rings. The first kappa shape index (κ1) is 29.7. The average Bonchev–Trinajstić information content (AvgIpc) is 3.37. The van der Waals surface area contributed by atoms with Crippen molar-refractivity contribution in [2.24, 2.45) is 4.99 Å². The minimum Gasteiger partial charge on any atom is -0.477 e. The first-order valence-corrected chi connectivity index (χ1v) is 14.4. The minimum absolute atomic E-state index is 0.266. The van der Waals surface area contributed by atoms with Crippen molar-refractivity contribution in [1.82, 2.24) is 0 Å². The van der Waals surface area contributed by atoms with E-state index in [4.69, 9.17) is 0 Å². The van der Waals surface area contributed by atoms with Crippen LogP contribution in [0.5, 0.6) is 0 Å². The molecule has 9 heteroatoms. The Balaban J connectivity index is 1.58. The number of fused-ring (bicyclic) bond motifs is 1. The van der Waals surface area contributed by atoms with Crippen LogP contribution in [0.1, 0.15) is 12.5 Å². The summed E-state index contributed by atoms with van der Waals surface area (Å²) in [5.74, 6) is -2.64. The van der Waals surface area contributed by atoms with E-state index in [2.05, 4.69) is 28.9 Å². The molecule has 0 aromatic heterocycles. The third-order valence-corrected chi connectivity index (χ3v) is 7.97. The third kappa shape index (κ3) is 7.01. The van der Waals surface area contributed by atoms with Crippen molar-refractivity contribution in [3.05, 3.63) is 155 Å². The molecule has 0 spiro atoms. The van der Waals surface area contributed by atoms with Crippen LogP contribution in [0.25, 0.3) is 0 Å². The van der Waals surface area contributed by atoms with Gasteiger partial charge in [-0.25, -0.2) is 18.0 Å². The fourth-order valence-electron chi connectivity index (χ4n) is 4.81. The summed E-state index contributed by atoms with van der Waals surface area (Å²) in [6.07, 6.45) is 6.65. The Morgan fingerprint density at radius 3 is 1.95 bits per heavy atom. The average molecular weight is 594 g/mol. The van der Waals surface area contributed by atoms with E-state index in [1.165, 1.54) is 54.6 Å². The molecule has 43 heavy (non-hydrogen) atoms. The van der Waals surface area contributed by atoms with Gasteiger partial charge in [0.1, 0.15) is 23.1 Å². The number of nitrogens with zero attached hydrogens (tertiary/aromatic N) is 2. The third-order valence-electron chi connectivity index (χ3n) is 6.84. The largest absolute Gasteiger partial charge is 0.477 e. The number of aliphatic imine (C=N–C) groups is 1. The van der Waals surface area contributed by atoms with Crippen LogP contribution >= 0.6 is 11.8 Å². The van der Waals surface area contributed by atoms with Gasteiger partial charge in [0.25, 0.3) is 6.71 Å². The van der Waals surface area contributed by atoms with E-state index in [0.29, 0.717) is 16.5 Å². The topological polar surface area (TPSA) is 52.9 Å². The van der Waals surface area contributed by atoms with Crippen molar-refractivity contribution in [3.63, 3.8) is 0 Å². The smallest absolute Gasteiger partial charge is 0.354 e. The summed E-state index contributed by atoms with van der Waals surface area (Å²) in [5.41, 5.74) is 2.78. The van der Waals surface area contributed by atoms with Crippen molar-refractivity contribution in [2.75, 3.05) is 11.4 Å². The zero-order valence-electron chi connectivity index (χ0n) is 23.1. The fourth-order valence-corrected chi connectivity index (χ4v) is 5.95. The molecule has 0 amide bonds. The Labute approximate surface area is 252 Å². The minimum atomic E-state index is -1.27. The fraction of sp³-hybridized carbons (Fsp3) is 0.0588. The van der Waals surface area contributed by atoms with Crippen molar-refractivity contribution < 1.29 is 23.1 Å². The number of hydrogen-bond donors (Lipinski definition) is 1. The monoisotopic (exact) mass is 594 g/mol. The SMILES string of the molecule is CCN1C(=CC=CC=C(N=C(B(c2ccc(F)cc2)c2ccc(F)cc2)c2ccc(F)cc2)C(=O)O)Sc2ccccc21. The van der Waals surface area contributed by atoms with Gasteiger partial charge in [0, 0.05) is 17.1 Å². The number of carbonyl (C=O) groups is 1. The second kappa shape index (κ2) is 13.5. The predicted molar refractivity (Wildman–Crippen MR) is 169 cm³/mol. The molecular weight excluding hydrogens is 568 g/mol. The summed E-state index contributed by atoms with van der Waals surface area (Å²) >= 11 is 1.63. The van der Waals surface area contributed by atoms with Gasteiger partial charge in [0.05, 0.1) is 10.7 Å². The number of para-hydroxylation sites is 1. The second-order valence-electron chi connectivity index (χ2n) is 9.60. The lowest BCUT2D eigenvalue weighted by Gasteiger charge is -2.19. The van der Waals surface area contributed by atoms with E-state index in [1.54, 1.807) is 48.2 Å². The molecule has 0 aliphatic carbocycles. The molecule has 4 aromatic carbocycles. The second-order valence-corrected chi connectivity index (χ2v) is 10.7. The zero-order valence-corrected chi connectivity index (χ0v) is 23.9. The predicted octanol–water partition coefficient (Wildman–Crippen LogP) is 6.74. The highest BCUT2D eigenvalue weighted by Crippen LogP contribution is 2.45. The maximum atomic E-state index is 13.9. The number of thioether (sulfide) groups is 1. The molecule has 4 nitrogen and oxygen atoms in total. The molecule has 5 rings (SSSR count). The van der Waals surface area contributed by atoms with Crippen LogP contribution in [0.15, 0.2) is 142 Å². The lowest BCUT2D eigenvalue weighted by atomic mass is 9.36. The van der Waals surface area contributed by atoms with Gasteiger partial charge in [-0.05, 0) is 73.2 Å². The van der Waals surface area contributed by atoms with Crippen LogP contribution in [0, 0.1) is 17.5 Å². The molecule has 1 heterocycles. The van der Waals surface area contributed by atoms with Crippen LogP contribution in [0.3, 0.4) is 0 Å². The van der Waals surface area contributed by atoms with Gasteiger partial charge in [-0.15, -0.1) is 0 Å². The van der Waals surface area contributed by atoms with Gasteiger partial charge < -0.3 is 10.0 Å². The van der Waals surface area contributed by atoms with Gasteiger partial charge >= 0.3 is 5.97 Å². The summed E-state index contributed by atoms with van der Waals surface area (Å²) < 4.78 is 41.6. The normalized spacial score (nSPS) is 14.4. The molecule has 0 unspecified atom stereocenters. The van der Waals surface area contributed by atoms with Crippen LogP contribution in [0.2, 0.25) is 0 Å². The number of rotatable bonds is 9. The molecule has 0 saturated carbocycles. The summed E-state index contributed by atoms with van der Waals surface area (Å²) in [5, 5.41) is 11.1. The number of anilines is 1. The molecular formula is C34H26BF3N2O2S. The highest BCUT2D eigenvalue weighted by Gasteiger charge is 2.28. The molecule has 4 aromatic rings. The lowest BCUT2D eigenvalue weighted by Crippen LogP contribution is -2.50. The van der Waals surface area contributed by atoms with E-state index >= 15 is 0 Å². The van der Waals surface area contributed by atoms with E-state index in [1.807, 2.05) is 18.2 Å². The van der Waals surface area contributed by atoms with E-state index in [9.17, 15) is 23.1 Å². The van der Waals surface area contributed by atoms with Crippen molar-refractivity contribution in [3.8, 4) is 0 Å². The highest BCUT2D eigenvalue weighted by molar-refractivity contribution is 8.03. The Hall–Kier alpha value is -4.76. The number of hydrogen-bond acceptors (Lipinski definition) is 4. The van der Waals surface area contributed by atoms with Gasteiger partial charge in [-0.3, -0.25) is 4.99 Å². The van der Waals surface area contributed by atoms with Gasteiger partial charge in [0.15, 0.2) is 0 Å². The van der Waals surface area contributed by atoms with Gasteiger partial charge in [0.2, 0.25) is 0 Å². The number of halogens is 3. The molecule has 1 aliphatic heterocycles. The Kier molecular flexibility index (Phi) is 9.32. The first-order chi connectivity index (χ1) is 20.8. The van der Waals surface area contributed by atoms with E-state index < -0.39 is 30.1 Å². The maximum Gasteiger partial charge on any atom is 0.354 e. The van der Waals surface area contributed by atoms with E-state index in [0.717, 1.165) is 22.2 Å². The molecule has 214 valence electrons. The van der Waals surface area contributed by atoms with Crippen molar-refractivity contribution >= 4 is 46.7 Å². The maximum absolute atomic E-state index is 13.9. The number of carboxylic acid groups (broad SMARTS) is 1. The van der Waals surface area contributed by atoms with Crippen LogP contribution in [-0.4, -0.2) is 29.9 Å². The summed E-state index contributed by atoms with van der Waals surface area (Å²) in [4.78, 5) is 20.3. The Bertz CT molecular complexity index is 1690. The number of aliphatic carboxylic acids is 1. The molecule has 1 N–H and O–H groups in total. The summed E-state index contributed by atoms with van der Waals surface area (Å²) in [6.45, 7) is 2.12. The molecule has 0 saturated heterocycles.